The SMILES string of the molecule is C=CCc1ccccc1Oc1ccccc1CC=C.O=C([O-])CC(C(=O)[O-])S(=O)(=O)O.[Na+].[Na+]. The topological polar surface area (TPSA) is 144 Å². The maximum atomic E-state index is 10.2. The number of benzene rings is 2. The van der Waals surface area contributed by atoms with E-state index in [-0.39, 0.29) is 59.1 Å². The monoisotopic (exact) mass is 492 g/mol. The minimum Gasteiger partial charge on any atom is -0.550 e. The zero-order valence-corrected chi connectivity index (χ0v) is 23.4. The normalized spacial score (nSPS) is 10.7. The van der Waals surface area contributed by atoms with Crippen LogP contribution in [-0.4, -0.2) is 30.2 Å². The molecule has 0 spiro atoms. The zero-order valence-electron chi connectivity index (χ0n) is 18.6. The molecule has 0 fully saturated rings. The Morgan fingerprint density at radius 2 is 1.30 bits per heavy atom. The first-order chi connectivity index (χ1) is 14.6. The van der Waals surface area contributed by atoms with Crippen LogP contribution in [0.2, 0.25) is 0 Å². The first kappa shape index (κ1) is 33.7. The standard InChI is InChI=1S/C18H18O.C4H6O7S.2Na/c1-3-9-15-11-5-7-13-17(15)19-18-14-8-6-12-16(18)10-4-2;5-3(6)1-2(4(7)8)12(9,10)11;;/h3-8,11-14H,1-2,9-10H2;2H,1H2,(H,5,6)(H,7,8)(H,9,10,11);;/q;;2*+1/p-2. The van der Waals surface area contributed by atoms with Gasteiger partial charge in [-0.1, -0.05) is 48.6 Å². The summed E-state index contributed by atoms with van der Waals surface area (Å²) in [6.07, 6.45) is 4.05. The van der Waals surface area contributed by atoms with Crippen molar-refractivity contribution in [3.63, 3.8) is 0 Å². The van der Waals surface area contributed by atoms with E-state index in [0.29, 0.717) is 0 Å². The Morgan fingerprint density at radius 3 is 1.58 bits per heavy atom. The molecule has 0 aliphatic rings. The van der Waals surface area contributed by atoms with Crippen molar-refractivity contribution < 1.29 is 96.6 Å². The Balaban J connectivity index is 0. The molecule has 0 saturated carbocycles. The summed E-state index contributed by atoms with van der Waals surface area (Å²) in [5.74, 6) is -2.30. The van der Waals surface area contributed by atoms with Crippen LogP contribution in [-0.2, 0) is 32.5 Å². The van der Waals surface area contributed by atoms with Gasteiger partial charge < -0.3 is 24.5 Å². The van der Waals surface area contributed by atoms with Crippen molar-refractivity contribution in [3.05, 3.63) is 85.0 Å². The first-order valence-corrected chi connectivity index (χ1v) is 10.5. The van der Waals surface area contributed by atoms with Gasteiger partial charge in [0.05, 0.1) is 5.97 Å². The summed E-state index contributed by atoms with van der Waals surface area (Å²) in [5, 5.41) is 17.3. The number of carboxylic acid groups (broad SMARTS) is 2. The summed E-state index contributed by atoms with van der Waals surface area (Å²) in [7, 11) is -4.94. The number of hydrogen-bond donors (Lipinski definition) is 1. The van der Waals surface area contributed by atoms with E-state index in [9.17, 15) is 28.2 Å². The van der Waals surface area contributed by atoms with E-state index in [2.05, 4.69) is 25.3 Å². The molecule has 166 valence electrons. The fourth-order valence-corrected chi connectivity index (χ4v) is 3.03. The van der Waals surface area contributed by atoms with Gasteiger partial charge >= 0.3 is 59.1 Å². The molecule has 2 aromatic carbocycles. The van der Waals surface area contributed by atoms with Gasteiger partial charge in [-0.2, -0.15) is 8.42 Å². The third-order valence-corrected chi connectivity index (χ3v) is 4.95. The molecule has 2 aromatic rings. The zero-order chi connectivity index (χ0) is 23.4. The summed E-state index contributed by atoms with van der Waals surface area (Å²) in [5.41, 5.74) is 2.29. The minimum atomic E-state index is -4.94. The number of rotatable bonds is 10. The van der Waals surface area contributed by atoms with E-state index >= 15 is 0 Å². The first-order valence-electron chi connectivity index (χ1n) is 9.02. The largest absolute Gasteiger partial charge is 1.00 e. The van der Waals surface area contributed by atoms with Crippen LogP contribution in [0.4, 0.5) is 0 Å². The van der Waals surface area contributed by atoms with Crippen LogP contribution in [0.25, 0.3) is 0 Å². The van der Waals surface area contributed by atoms with Crippen LogP contribution >= 0.6 is 0 Å². The van der Waals surface area contributed by atoms with Crippen molar-refractivity contribution >= 4 is 22.1 Å². The third-order valence-electron chi connectivity index (χ3n) is 3.87. The van der Waals surface area contributed by atoms with Crippen molar-refractivity contribution in [2.24, 2.45) is 0 Å². The maximum Gasteiger partial charge on any atom is 1.00 e. The molecule has 0 saturated heterocycles. The fourth-order valence-electron chi connectivity index (χ4n) is 2.44. The van der Waals surface area contributed by atoms with E-state index in [1.165, 1.54) is 0 Å². The number of carbonyl (C=O) groups is 2. The summed E-state index contributed by atoms with van der Waals surface area (Å²) in [6, 6.07) is 16.1. The van der Waals surface area contributed by atoms with Crippen LogP contribution in [0.15, 0.2) is 73.8 Å². The predicted molar refractivity (Wildman–Crippen MR) is 111 cm³/mol. The number of carboxylic acids is 2. The van der Waals surface area contributed by atoms with E-state index in [4.69, 9.17) is 9.29 Å². The number of allylic oxidation sites excluding steroid dienone is 2. The number of aliphatic carboxylic acids is 2. The minimum absolute atomic E-state index is 0. The second-order valence-electron chi connectivity index (χ2n) is 6.20. The van der Waals surface area contributed by atoms with Crippen LogP contribution in [0.5, 0.6) is 11.5 Å². The number of para-hydroxylation sites is 2. The Kier molecular flexibility index (Phi) is 17.5. The van der Waals surface area contributed by atoms with Crippen molar-refractivity contribution in [3.8, 4) is 11.5 Å². The van der Waals surface area contributed by atoms with E-state index < -0.39 is 33.7 Å². The van der Waals surface area contributed by atoms with Gasteiger partial charge in [0.1, 0.15) is 16.7 Å². The summed E-state index contributed by atoms with van der Waals surface area (Å²) >= 11 is 0. The molecule has 8 nitrogen and oxygen atoms in total. The van der Waals surface area contributed by atoms with Crippen LogP contribution < -0.4 is 74.1 Å². The molecular formula is C22H22Na2O8S. The quantitative estimate of drug-likeness (QED) is 0.197. The second kappa shape index (κ2) is 17.1. The Labute approximate surface area is 237 Å². The number of ether oxygens (including phenoxy) is 1. The Bertz CT molecular complexity index is 987. The Hall–Kier alpha value is -1.43. The molecule has 2 rings (SSSR count). The van der Waals surface area contributed by atoms with Gasteiger partial charge in [-0.3, -0.25) is 4.55 Å². The molecule has 0 bridgehead atoms. The van der Waals surface area contributed by atoms with Gasteiger partial charge in [0, 0.05) is 12.4 Å². The molecule has 0 heterocycles. The van der Waals surface area contributed by atoms with Gasteiger partial charge in [0.25, 0.3) is 10.1 Å². The van der Waals surface area contributed by atoms with Crippen LogP contribution in [0.3, 0.4) is 0 Å². The summed E-state index contributed by atoms with van der Waals surface area (Å²) < 4.78 is 34.5. The molecule has 0 aliphatic carbocycles. The molecule has 0 aliphatic heterocycles. The molecule has 33 heavy (non-hydrogen) atoms. The van der Waals surface area contributed by atoms with Crippen LogP contribution in [0, 0.1) is 0 Å². The molecule has 1 unspecified atom stereocenters. The summed E-state index contributed by atoms with van der Waals surface area (Å²) in [6.45, 7) is 7.56. The van der Waals surface area contributed by atoms with Gasteiger partial charge in [-0.15, -0.1) is 13.2 Å². The third kappa shape index (κ3) is 12.6. The number of carbonyl (C=O) groups excluding carboxylic acids is 2. The molecule has 0 aromatic heterocycles. The smallest absolute Gasteiger partial charge is 0.550 e. The maximum absolute atomic E-state index is 10.2. The van der Waals surface area contributed by atoms with E-state index in [1.54, 1.807) is 0 Å². The second-order valence-corrected chi connectivity index (χ2v) is 7.80. The molecule has 1 N–H and O–H groups in total. The van der Waals surface area contributed by atoms with E-state index in [1.807, 2.05) is 48.6 Å². The molecule has 0 radical (unpaired) electrons. The van der Waals surface area contributed by atoms with E-state index in [0.717, 1.165) is 35.5 Å². The fraction of sp³-hybridized carbons (Fsp3) is 0.182. The molecular weight excluding hydrogens is 470 g/mol. The molecule has 1 atom stereocenters. The summed E-state index contributed by atoms with van der Waals surface area (Å²) in [4.78, 5) is 19.7. The van der Waals surface area contributed by atoms with Crippen LogP contribution in [0.1, 0.15) is 17.5 Å². The van der Waals surface area contributed by atoms with Crippen molar-refractivity contribution in [1.29, 1.82) is 0 Å². The molecule has 11 heteroatoms. The molecule has 0 amide bonds. The number of hydrogen-bond acceptors (Lipinski definition) is 7. The van der Waals surface area contributed by atoms with Crippen molar-refractivity contribution in [2.75, 3.05) is 0 Å². The van der Waals surface area contributed by atoms with Crippen molar-refractivity contribution in [2.45, 2.75) is 24.5 Å². The van der Waals surface area contributed by atoms with Gasteiger partial charge in [0.15, 0.2) is 0 Å². The van der Waals surface area contributed by atoms with Gasteiger partial charge in [-0.25, -0.2) is 0 Å². The average molecular weight is 492 g/mol. The van der Waals surface area contributed by atoms with Gasteiger partial charge in [-0.05, 0) is 36.1 Å². The Morgan fingerprint density at radius 1 is 0.909 bits per heavy atom. The van der Waals surface area contributed by atoms with Crippen molar-refractivity contribution in [1.82, 2.24) is 0 Å². The van der Waals surface area contributed by atoms with Gasteiger partial charge in [0.2, 0.25) is 0 Å². The average Bonchev–Trinajstić information content (AvgIpc) is 2.69. The predicted octanol–water partition coefficient (Wildman–Crippen LogP) is -4.92.